The molecule has 2 atom stereocenters. The number of carbonyl (C=O) groups excluding carboxylic acids is 3. The molecule has 2 unspecified atom stereocenters. The summed E-state index contributed by atoms with van der Waals surface area (Å²) in [4.78, 5) is 46.0. The molecular formula is C22H38N4O3. The van der Waals surface area contributed by atoms with Gasteiger partial charge in [0.25, 0.3) is 0 Å². The van der Waals surface area contributed by atoms with E-state index in [1.54, 1.807) is 0 Å². The first-order chi connectivity index (χ1) is 13.9. The van der Waals surface area contributed by atoms with Gasteiger partial charge in [-0.25, -0.2) is 0 Å². The minimum atomic E-state index is -0.203. The molecule has 0 spiro atoms. The van der Waals surface area contributed by atoms with Crippen LogP contribution in [0.3, 0.4) is 0 Å². The fourth-order valence-electron chi connectivity index (χ4n) is 5.11. The van der Waals surface area contributed by atoms with Crippen molar-refractivity contribution in [1.29, 1.82) is 0 Å². The normalized spacial score (nSPS) is 26.5. The van der Waals surface area contributed by atoms with Crippen LogP contribution in [-0.4, -0.2) is 95.2 Å². The van der Waals surface area contributed by atoms with Crippen LogP contribution in [0.25, 0.3) is 0 Å². The molecule has 3 heterocycles. The molecule has 3 amide bonds. The lowest BCUT2D eigenvalue weighted by atomic mass is 10.0. The van der Waals surface area contributed by atoms with Gasteiger partial charge in [-0.05, 0) is 39.0 Å². The highest BCUT2D eigenvalue weighted by atomic mass is 16.2. The predicted molar refractivity (Wildman–Crippen MR) is 112 cm³/mol. The van der Waals surface area contributed by atoms with Gasteiger partial charge >= 0.3 is 0 Å². The number of rotatable bonds is 6. The highest BCUT2D eigenvalue weighted by Crippen LogP contribution is 2.25. The van der Waals surface area contributed by atoms with Crippen LogP contribution in [0, 0.1) is 5.92 Å². The molecule has 3 rings (SSSR count). The smallest absolute Gasteiger partial charge is 0.236 e. The summed E-state index contributed by atoms with van der Waals surface area (Å²) >= 11 is 0. The highest BCUT2D eigenvalue weighted by molar-refractivity contribution is 5.89. The number of carbonyl (C=O) groups is 3. The van der Waals surface area contributed by atoms with Crippen molar-refractivity contribution in [1.82, 2.24) is 19.6 Å². The molecule has 0 radical (unpaired) electrons. The van der Waals surface area contributed by atoms with Crippen molar-refractivity contribution >= 4 is 17.7 Å². The third-order valence-corrected chi connectivity index (χ3v) is 7.06. The van der Waals surface area contributed by atoms with Gasteiger partial charge in [0, 0.05) is 57.8 Å². The van der Waals surface area contributed by atoms with Gasteiger partial charge in [0.05, 0.1) is 12.5 Å². The molecule has 0 aromatic heterocycles. The van der Waals surface area contributed by atoms with Crippen LogP contribution in [0.15, 0.2) is 0 Å². The summed E-state index contributed by atoms with van der Waals surface area (Å²) in [5.41, 5.74) is 0. The SMILES string of the molecule is CCC(CC)N1CC(C(=O)N2CCN(CC(=O)N3CCCCC3C)CC2)CC1=O. The molecule has 0 aliphatic carbocycles. The summed E-state index contributed by atoms with van der Waals surface area (Å²) in [7, 11) is 0. The molecule has 0 N–H and O–H groups in total. The molecular weight excluding hydrogens is 368 g/mol. The lowest BCUT2D eigenvalue weighted by molar-refractivity contribution is -0.139. The lowest BCUT2D eigenvalue weighted by Crippen LogP contribution is -2.54. The average Bonchev–Trinajstić information content (AvgIpc) is 3.11. The monoisotopic (exact) mass is 406 g/mol. The van der Waals surface area contributed by atoms with E-state index in [4.69, 9.17) is 0 Å². The zero-order valence-corrected chi connectivity index (χ0v) is 18.4. The maximum atomic E-state index is 13.0. The standard InChI is InChI=1S/C22H38N4O3/c1-4-19(5-2)26-15-18(14-20(26)27)22(29)24-12-10-23(11-13-24)16-21(28)25-9-7-6-8-17(25)3/h17-19H,4-16H2,1-3H3. The van der Waals surface area contributed by atoms with Gasteiger partial charge < -0.3 is 14.7 Å². The number of nitrogens with zero attached hydrogens (tertiary/aromatic N) is 4. The average molecular weight is 407 g/mol. The Bertz CT molecular complexity index is 599. The van der Waals surface area contributed by atoms with E-state index in [-0.39, 0.29) is 29.7 Å². The first-order valence-electron chi connectivity index (χ1n) is 11.5. The molecule has 7 heteroatoms. The van der Waals surface area contributed by atoms with Crippen LogP contribution in [-0.2, 0) is 14.4 Å². The minimum absolute atomic E-state index is 0.113. The van der Waals surface area contributed by atoms with E-state index in [0.29, 0.717) is 38.6 Å². The minimum Gasteiger partial charge on any atom is -0.340 e. The predicted octanol–water partition coefficient (Wildman–Crippen LogP) is 1.57. The molecule has 0 aromatic rings. The van der Waals surface area contributed by atoms with E-state index in [0.717, 1.165) is 45.3 Å². The van der Waals surface area contributed by atoms with Gasteiger partial charge in [-0.2, -0.15) is 0 Å². The van der Waals surface area contributed by atoms with Crippen LogP contribution in [0.4, 0.5) is 0 Å². The first kappa shape index (κ1) is 22.1. The Morgan fingerprint density at radius 1 is 1.03 bits per heavy atom. The van der Waals surface area contributed by atoms with Crippen LogP contribution in [0.5, 0.6) is 0 Å². The molecule has 164 valence electrons. The summed E-state index contributed by atoms with van der Waals surface area (Å²) in [6.45, 7) is 11.0. The zero-order chi connectivity index (χ0) is 21.0. The second-order valence-corrected chi connectivity index (χ2v) is 8.95. The quantitative estimate of drug-likeness (QED) is 0.672. The van der Waals surface area contributed by atoms with E-state index in [9.17, 15) is 14.4 Å². The number of hydrogen-bond acceptors (Lipinski definition) is 4. The van der Waals surface area contributed by atoms with Gasteiger partial charge in [0.15, 0.2) is 0 Å². The van der Waals surface area contributed by atoms with E-state index in [1.165, 1.54) is 6.42 Å². The fourth-order valence-corrected chi connectivity index (χ4v) is 5.11. The van der Waals surface area contributed by atoms with Crippen LogP contribution in [0.1, 0.15) is 59.3 Å². The van der Waals surface area contributed by atoms with Crippen molar-refractivity contribution in [2.24, 2.45) is 5.92 Å². The number of hydrogen-bond donors (Lipinski definition) is 0. The second kappa shape index (κ2) is 9.92. The molecule has 3 fully saturated rings. The van der Waals surface area contributed by atoms with Crippen molar-refractivity contribution in [3.8, 4) is 0 Å². The highest BCUT2D eigenvalue weighted by Gasteiger charge is 2.39. The van der Waals surface area contributed by atoms with E-state index >= 15 is 0 Å². The Kier molecular flexibility index (Phi) is 7.55. The van der Waals surface area contributed by atoms with Gasteiger partial charge in [0.1, 0.15) is 0 Å². The fraction of sp³-hybridized carbons (Fsp3) is 0.864. The molecule has 0 saturated carbocycles. The van der Waals surface area contributed by atoms with E-state index in [1.807, 2.05) is 14.7 Å². The van der Waals surface area contributed by atoms with Crippen molar-refractivity contribution in [2.75, 3.05) is 45.8 Å². The van der Waals surface area contributed by atoms with Gasteiger partial charge in [-0.3, -0.25) is 19.3 Å². The molecule has 29 heavy (non-hydrogen) atoms. The third-order valence-electron chi connectivity index (χ3n) is 7.06. The third kappa shape index (κ3) is 5.11. The van der Waals surface area contributed by atoms with Crippen LogP contribution >= 0.6 is 0 Å². The summed E-state index contributed by atoms with van der Waals surface area (Å²) < 4.78 is 0. The largest absolute Gasteiger partial charge is 0.340 e. The second-order valence-electron chi connectivity index (χ2n) is 8.95. The van der Waals surface area contributed by atoms with E-state index < -0.39 is 0 Å². The number of likely N-dealkylation sites (tertiary alicyclic amines) is 2. The molecule has 3 saturated heterocycles. The number of piperazine rings is 1. The van der Waals surface area contributed by atoms with Crippen molar-refractivity contribution < 1.29 is 14.4 Å². The van der Waals surface area contributed by atoms with Crippen molar-refractivity contribution in [3.05, 3.63) is 0 Å². The van der Waals surface area contributed by atoms with Crippen molar-refractivity contribution in [2.45, 2.75) is 71.4 Å². The Hall–Kier alpha value is -1.63. The Balaban J connectivity index is 1.46. The van der Waals surface area contributed by atoms with Crippen LogP contribution < -0.4 is 0 Å². The summed E-state index contributed by atoms with van der Waals surface area (Å²) in [6, 6.07) is 0.595. The Morgan fingerprint density at radius 2 is 1.72 bits per heavy atom. The molecule has 0 bridgehead atoms. The molecule has 3 aliphatic heterocycles. The molecule has 7 nitrogen and oxygen atoms in total. The summed E-state index contributed by atoms with van der Waals surface area (Å²) in [6.07, 6.45) is 5.64. The zero-order valence-electron chi connectivity index (χ0n) is 18.4. The number of amides is 3. The maximum absolute atomic E-state index is 13.0. The van der Waals surface area contributed by atoms with E-state index in [2.05, 4.69) is 25.7 Å². The Morgan fingerprint density at radius 3 is 2.34 bits per heavy atom. The first-order valence-corrected chi connectivity index (χ1v) is 11.5. The summed E-state index contributed by atoms with van der Waals surface area (Å²) in [5, 5.41) is 0. The molecule has 0 aromatic carbocycles. The van der Waals surface area contributed by atoms with Gasteiger partial charge in [0.2, 0.25) is 17.7 Å². The molecule has 3 aliphatic rings. The van der Waals surface area contributed by atoms with Crippen LogP contribution in [0.2, 0.25) is 0 Å². The maximum Gasteiger partial charge on any atom is 0.236 e. The van der Waals surface area contributed by atoms with Gasteiger partial charge in [-0.15, -0.1) is 0 Å². The Labute approximate surface area is 175 Å². The number of piperidine rings is 1. The van der Waals surface area contributed by atoms with Gasteiger partial charge in [-0.1, -0.05) is 13.8 Å². The summed E-state index contributed by atoms with van der Waals surface area (Å²) in [5.74, 6) is 0.254. The lowest BCUT2D eigenvalue weighted by Gasteiger charge is -2.38. The van der Waals surface area contributed by atoms with Crippen molar-refractivity contribution in [3.63, 3.8) is 0 Å². The topological polar surface area (TPSA) is 64.2 Å².